The Balaban J connectivity index is 2.98. The molecule has 0 saturated carbocycles. The van der Waals surface area contributed by atoms with Crippen LogP contribution in [0, 0.1) is 0 Å². The van der Waals surface area contributed by atoms with E-state index < -0.39 is 15.8 Å². The normalized spacial score (nSPS) is 49.5. The van der Waals surface area contributed by atoms with Crippen LogP contribution in [0.5, 0.6) is 0 Å². The molecule has 0 amide bonds. The highest BCUT2D eigenvalue weighted by Gasteiger charge is 2.60. The predicted molar refractivity (Wildman–Crippen MR) is 49.9 cm³/mol. The zero-order valence-corrected chi connectivity index (χ0v) is 10.9. The molecule has 1 rings (SSSR count). The van der Waals surface area contributed by atoms with E-state index in [1.54, 1.807) is 6.92 Å². The van der Waals surface area contributed by atoms with E-state index in [9.17, 15) is 4.57 Å². The zero-order chi connectivity index (χ0) is 8.91. The van der Waals surface area contributed by atoms with E-state index in [4.69, 9.17) is 4.89 Å². The summed E-state index contributed by atoms with van der Waals surface area (Å²) in [6.45, 7) is 1.55. The third kappa shape index (κ3) is 2.07. The summed E-state index contributed by atoms with van der Waals surface area (Å²) in [5, 5.41) is 0. The van der Waals surface area contributed by atoms with Crippen LogP contribution in [0.2, 0.25) is 0 Å². The molecule has 11 heavy (non-hydrogen) atoms. The molecule has 0 bridgehead atoms. The molecule has 4 nitrogen and oxygen atoms in total. The minimum atomic E-state index is -3.93. The van der Waals surface area contributed by atoms with Gasteiger partial charge in [0.05, 0.1) is 0 Å². The SMILES string of the molecule is CC1(Br)OP(=O)(O)OC1(Br)Br. The molecular weight excluding hydrogens is 371 g/mol. The Morgan fingerprint density at radius 1 is 1.36 bits per heavy atom. The number of alkyl halides is 3. The molecular formula is C3H4Br3O4P. The van der Waals surface area contributed by atoms with Crippen LogP contribution in [0.4, 0.5) is 0 Å². The Morgan fingerprint density at radius 3 is 1.91 bits per heavy atom. The van der Waals surface area contributed by atoms with Gasteiger partial charge in [-0.25, -0.2) is 4.57 Å². The van der Waals surface area contributed by atoms with Gasteiger partial charge in [-0.2, -0.15) is 0 Å². The van der Waals surface area contributed by atoms with Crippen LogP contribution in [-0.4, -0.2) is 12.8 Å². The van der Waals surface area contributed by atoms with Crippen molar-refractivity contribution in [3.63, 3.8) is 0 Å². The smallest absolute Gasteiger partial charge is 0.302 e. The fourth-order valence-corrected chi connectivity index (χ4v) is 3.84. The Hall–Kier alpha value is 1.55. The highest BCUT2D eigenvalue weighted by atomic mass is 79.9. The Morgan fingerprint density at radius 2 is 1.82 bits per heavy atom. The molecule has 1 heterocycles. The molecule has 0 radical (unpaired) electrons. The molecule has 1 aliphatic heterocycles. The van der Waals surface area contributed by atoms with Gasteiger partial charge in [-0.3, -0.25) is 9.05 Å². The number of hydrogen-bond acceptors (Lipinski definition) is 3. The van der Waals surface area contributed by atoms with Crippen molar-refractivity contribution in [3.05, 3.63) is 0 Å². The summed E-state index contributed by atoms with van der Waals surface area (Å²) in [6, 6.07) is 0. The largest absolute Gasteiger partial charge is 0.475 e. The first-order valence-electron chi connectivity index (χ1n) is 2.47. The second-order valence-corrected chi connectivity index (χ2v) is 8.20. The van der Waals surface area contributed by atoms with E-state index in [2.05, 4.69) is 56.8 Å². The van der Waals surface area contributed by atoms with Gasteiger partial charge in [-0.1, -0.05) is 0 Å². The second kappa shape index (κ2) is 2.77. The second-order valence-electron chi connectivity index (χ2n) is 2.08. The lowest BCUT2D eigenvalue weighted by Gasteiger charge is -2.22. The van der Waals surface area contributed by atoms with Crippen LogP contribution >= 0.6 is 55.6 Å². The Labute approximate surface area is 88.6 Å². The van der Waals surface area contributed by atoms with E-state index in [1.807, 2.05) is 0 Å². The molecule has 1 saturated heterocycles. The molecule has 66 valence electrons. The molecule has 0 aliphatic carbocycles. The van der Waals surface area contributed by atoms with Crippen LogP contribution in [0.15, 0.2) is 0 Å². The summed E-state index contributed by atoms with van der Waals surface area (Å²) in [5.74, 6) is 0. The van der Waals surface area contributed by atoms with Gasteiger partial charge in [0.1, 0.15) is 0 Å². The summed E-state index contributed by atoms with van der Waals surface area (Å²) < 4.78 is 17.9. The van der Waals surface area contributed by atoms with Crippen molar-refractivity contribution < 1.29 is 18.5 Å². The fourth-order valence-electron chi connectivity index (χ4n) is 0.515. The first-order chi connectivity index (χ1) is 4.66. The molecule has 1 fully saturated rings. The minimum Gasteiger partial charge on any atom is -0.302 e. The quantitative estimate of drug-likeness (QED) is 0.523. The summed E-state index contributed by atoms with van der Waals surface area (Å²) in [4.78, 5) is 8.89. The lowest BCUT2D eigenvalue weighted by Crippen LogP contribution is -2.32. The molecule has 0 aromatic rings. The van der Waals surface area contributed by atoms with Crippen molar-refractivity contribution in [2.24, 2.45) is 0 Å². The van der Waals surface area contributed by atoms with Crippen molar-refractivity contribution in [1.82, 2.24) is 0 Å². The maximum atomic E-state index is 10.9. The van der Waals surface area contributed by atoms with Gasteiger partial charge in [0.25, 0.3) is 0 Å². The molecule has 0 aromatic carbocycles. The van der Waals surface area contributed by atoms with Crippen LogP contribution in [-0.2, 0) is 13.6 Å². The summed E-state index contributed by atoms with van der Waals surface area (Å²) in [7, 11) is -3.93. The van der Waals surface area contributed by atoms with Crippen molar-refractivity contribution in [1.29, 1.82) is 0 Å². The molecule has 8 heteroatoms. The molecule has 1 N–H and O–H groups in total. The molecule has 0 aromatic heterocycles. The summed E-state index contributed by atoms with van der Waals surface area (Å²) in [6.07, 6.45) is 0. The van der Waals surface area contributed by atoms with Crippen molar-refractivity contribution in [2.45, 2.75) is 14.9 Å². The van der Waals surface area contributed by atoms with E-state index in [0.29, 0.717) is 0 Å². The van der Waals surface area contributed by atoms with Crippen LogP contribution in [0.3, 0.4) is 0 Å². The lowest BCUT2D eigenvalue weighted by atomic mass is 10.4. The van der Waals surface area contributed by atoms with Crippen molar-refractivity contribution in [3.8, 4) is 0 Å². The highest BCUT2D eigenvalue weighted by molar-refractivity contribution is 9.26. The lowest BCUT2D eigenvalue weighted by molar-refractivity contribution is 0.192. The van der Waals surface area contributed by atoms with Crippen LogP contribution in [0.25, 0.3) is 0 Å². The fraction of sp³-hybridized carbons (Fsp3) is 1.00. The number of phosphoric ester groups is 1. The van der Waals surface area contributed by atoms with Crippen LogP contribution < -0.4 is 0 Å². The third-order valence-electron chi connectivity index (χ3n) is 1.04. The van der Waals surface area contributed by atoms with E-state index in [0.717, 1.165) is 0 Å². The van der Waals surface area contributed by atoms with Gasteiger partial charge < -0.3 is 4.89 Å². The van der Waals surface area contributed by atoms with Crippen molar-refractivity contribution in [2.75, 3.05) is 0 Å². The predicted octanol–water partition coefficient (Wildman–Crippen LogP) is 2.69. The van der Waals surface area contributed by atoms with Gasteiger partial charge in [-0.15, -0.1) is 0 Å². The third-order valence-corrected chi connectivity index (χ3v) is 6.51. The van der Waals surface area contributed by atoms with E-state index >= 15 is 0 Å². The van der Waals surface area contributed by atoms with Gasteiger partial charge in [-0.05, 0) is 54.7 Å². The summed E-state index contributed by atoms with van der Waals surface area (Å²) >= 11 is 9.13. The van der Waals surface area contributed by atoms with E-state index in [-0.39, 0.29) is 0 Å². The number of phosphoric acid groups is 1. The number of rotatable bonds is 0. The van der Waals surface area contributed by atoms with Gasteiger partial charge in [0.15, 0.2) is 4.51 Å². The first-order valence-corrected chi connectivity index (χ1v) is 6.35. The molecule has 2 unspecified atom stereocenters. The van der Waals surface area contributed by atoms with Gasteiger partial charge >= 0.3 is 7.82 Å². The van der Waals surface area contributed by atoms with Gasteiger partial charge in [0.2, 0.25) is 3.42 Å². The van der Waals surface area contributed by atoms with Crippen molar-refractivity contribution >= 4 is 55.6 Å². The topological polar surface area (TPSA) is 55.8 Å². The van der Waals surface area contributed by atoms with E-state index in [1.165, 1.54) is 0 Å². The molecule has 2 atom stereocenters. The van der Waals surface area contributed by atoms with Gasteiger partial charge in [0, 0.05) is 0 Å². The monoisotopic (exact) mass is 372 g/mol. The minimum absolute atomic E-state index is 1.07. The van der Waals surface area contributed by atoms with Crippen LogP contribution in [0.1, 0.15) is 6.92 Å². The summed E-state index contributed by atoms with van der Waals surface area (Å²) in [5.41, 5.74) is 0. The maximum Gasteiger partial charge on any atom is 0.475 e. The first kappa shape index (κ1) is 10.6. The number of halogens is 3. The molecule has 1 aliphatic rings. The average molecular weight is 375 g/mol. The number of hydrogen-bond donors (Lipinski definition) is 1. The standard InChI is InChI=1S/C3H4Br3O4P/c1-2(4)3(5,6)10-11(7,8)9-2/h1H3,(H,7,8). The zero-order valence-electron chi connectivity index (χ0n) is 5.25. The average Bonchev–Trinajstić information content (AvgIpc) is 1.66. The molecule has 0 spiro atoms. The Kier molecular flexibility index (Phi) is 2.67. The Bertz CT molecular complexity index is 207. The maximum absolute atomic E-state index is 10.9. The highest BCUT2D eigenvalue weighted by Crippen LogP contribution is 2.67.